The highest BCUT2D eigenvalue weighted by Gasteiger charge is 2.43. The lowest BCUT2D eigenvalue weighted by atomic mass is 9.89. The van der Waals surface area contributed by atoms with Gasteiger partial charge in [-0.15, -0.1) is 0 Å². The number of benzene rings is 1. The Balaban J connectivity index is 1.73. The molecule has 304 valence electrons. The molecule has 54 heavy (non-hydrogen) atoms. The summed E-state index contributed by atoms with van der Waals surface area (Å²) >= 11 is 0. The van der Waals surface area contributed by atoms with Crippen LogP contribution in [0.3, 0.4) is 0 Å². The third kappa shape index (κ3) is 11.4. The third-order valence-electron chi connectivity index (χ3n) is 12.2. The van der Waals surface area contributed by atoms with Gasteiger partial charge in [0.2, 0.25) is 17.7 Å². The molecule has 2 aliphatic rings. The molecule has 3 rings (SSSR count). The number of methoxy groups -OCH3 is 2. The fourth-order valence-electron chi connectivity index (χ4n) is 8.31. The number of carbonyl (C=O) groups is 5. The molecule has 0 bridgehead atoms. The molecule has 1 aliphatic carbocycles. The number of hydrogen-bond acceptors (Lipinski definition) is 7. The van der Waals surface area contributed by atoms with Crippen molar-refractivity contribution in [2.24, 2.45) is 29.6 Å². The molecule has 5 amide bonds. The first-order valence-electron chi connectivity index (χ1n) is 19.8. The molecule has 0 spiro atoms. The number of carboxylic acids is 1. The largest absolute Gasteiger partial charge is 0.480 e. The van der Waals surface area contributed by atoms with E-state index < -0.39 is 54.2 Å². The van der Waals surface area contributed by atoms with Gasteiger partial charge in [-0.25, -0.2) is 9.59 Å². The van der Waals surface area contributed by atoms with E-state index in [1.54, 1.807) is 30.9 Å². The van der Waals surface area contributed by atoms with E-state index >= 15 is 0 Å². The predicted octanol–water partition coefficient (Wildman–Crippen LogP) is 4.48. The molecule has 1 aromatic rings. The molecule has 1 aliphatic heterocycles. The van der Waals surface area contributed by atoms with Crippen molar-refractivity contribution in [1.82, 2.24) is 25.8 Å². The van der Waals surface area contributed by atoms with E-state index in [9.17, 15) is 29.1 Å². The second kappa shape index (κ2) is 20.8. The number of ether oxygens (including phenoxy) is 2. The van der Waals surface area contributed by atoms with Crippen molar-refractivity contribution in [1.29, 1.82) is 0 Å². The number of hydrogen-bond donors (Lipinski definition) is 4. The lowest BCUT2D eigenvalue weighted by Crippen LogP contribution is -2.59. The zero-order valence-corrected chi connectivity index (χ0v) is 34.2. The molecule has 0 aromatic heterocycles. The summed E-state index contributed by atoms with van der Waals surface area (Å²) in [7, 11) is 4.76. The lowest BCUT2D eigenvalue weighted by Gasteiger charge is -2.41. The normalized spacial score (nSPS) is 23.8. The Bertz CT molecular complexity index is 1390. The van der Waals surface area contributed by atoms with Gasteiger partial charge in [0.15, 0.2) is 0 Å². The molecule has 1 heterocycles. The van der Waals surface area contributed by atoms with E-state index in [1.807, 2.05) is 58.0 Å². The Hall–Kier alpha value is -3.71. The maximum Gasteiger partial charge on any atom is 0.326 e. The Morgan fingerprint density at radius 3 is 2.17 bits per heavy atom. The molecular weight excluding hydrogens is 690 g/mol. The van der Waals surface area contributed by atoms with Gasteiger partial charge < -0.3 is 40.3 Å². The summed E-state index contributed by atoms with van der Waals surface area (Å²) in [5, 5.41) is 18.6. The predicted molar refractivity (Wildman–Crippen MR) is 207 cm³/mol. The maximum atomic E-state index is 14.2. The van der Waals surface area contributed by atoms with Gasteiger partial charge in [-0.1, -0.05) is 85.2 Å². The van der Waals surface area contributed by atoms with Crippen molar-refractivity contribution < 1.29 is 38.6 Å². The number of likely N-dealkylation sites (tertiary alicyclic amines) is 1. The zero-order valence-electron chi connectivity index (χ0n) is 34.2. The van der Waals surface area contributed by atoms with Gasteiger partial charge in [0, 0.05) is 40.3 Å². The molecule has 2 fully saturated rings. The molecule has 13 nitrogen and oxygen atoms in total. The Morgan fingerprint density at radius 2 is 1.63 bits per heavy atom. The monoisotopic (exact) mass is 757 g/mol. The number of aliphatic carboxylic acids is 1. The van der Waals surface area contributed by atoms with Gasteiger partial charge in [0.1, 0.15) is 12.1 Å². The van der Waals surface area contributed by atoms with Crippen molar-refractivity contribution in [3.8, 4) is 0 Å². The molecule has 11 atom stereocenters. The first-order chi connectivity index (χ1) is 25.6. The van der Waals surface area contributed by atoms with Gasteiger partial charge in [-0.05, 0) is 54.9 Å². The van der Waals surface area contributed by atoms with E-state index in [0.29, 0.717) is 31.2 Å². The number of amides is 5. The zero-order chi connectivity index (χ0) is 40.3. The summed E-state index contributed by atoms with van der Waals surface area (Å²) in [5.41, 5.74) is 0.787. The highest BCUT2D eigenvalue weighted by atomic mass is 16.5. The highest BCUT2D eigenvalue weighted by molar-refractivity contribution is 5.88. The van der Waals surface area contributed by atoms with E-state index in [2.05, 4.69) is 29.8 Å². The van der Waals surface area contributed by atoms with Crippen LogP contribution in [0, 0.1) is 29.6 Å². The van der Waals surface area contributed by atoms with Gasteiger partial charge in [-0.2, -0.15) is 0 Å². The van der Waals surface area contributed by atoms with Crippen LogP contribution in [-0.4, -0.2) is 115 Å². The Kier molecular flexibility index (Phi) is 17.2. The minimum atomic E-state index is -1.14. The number of carbonyl (C=O) groups excluding carboxylic acids is 4. The smallest absolute Gasteiger partial charge is 0.326 e. The second-order valence-electron chi connectivity index (χ2n) is 16.0. The summed E-state index contributed by atoms with van der Waals surface area (Å²) in [4.78, 5) is 70.5. The topological polar surface area (TPSA) is 167 Å². The van der Waals surface area contributed by atoms with Crippen molar-refractivity contribution in [3.63, 3.8) is 0 Å². The molecule has 1 saturated heterocycles. The minimum Gasteiger partial charge on any atom is -0.480 e. The number of rotatable bonds is 19. The van der Waals surface area contributed by atoms with Crippen LogP contribution in [0.2, 0.25) is 0 Å². The van der Waals surface area contributed by atoms with E-state index in [0.717, 1.165) is 24.8 Å². The number of urea groups is 1. The fourth-order valence-corrected chi connectivity index (χ4v) is 8.31. The molecule has 2 unspecified atom stereocenters. The van der Waals surface area contributed by atoms with Gasteiger partial charge in [0.25, 0.3) is 0 Å². The number of carboxylic acid groups (broad SMARTS) is 1. The van der Waals surface area contributed by atoms with Gasteiger partial charge >= 0.3 is 12.0 Å². The van der Waals surface area contributed by atoms with E-state index in [4.69, 9.17) is 9.47 Å². The van der Waals surface area contributed by atoms with Crippen LogP contribution in [0.5, 0.6) is 0 Å². The highest BCUT2D eigenvalue weighted by Crippen LogP contribution is 2.32. The first kappa shape index (κ1) is 44.7. The molecule has 13 heteroatoms. The number of nitrogens with zero attached hydrogens (tertiary/aromatic N) is 2. The summed E-state index contributed by atoms with van der Waals surface area (Å²) in [6.45, 7) is 14.4. The molecular formula is C41H67N5O8. The average Bonchev–Trinajstić information content (AvgIpc) is 3.75. The van der Waals surface area contributed by atoms with Crippen molar-refractivity contribution in [3.05, 3.63) is 35.9 Å². The van der Waals surface area contributed by atoms with Crippen molar-refractivity contribution in [2.45, 2.75) is 136 Å². The first-order valence-corrected chi connectivity index (χ1v) is 19.8. The second-order valence-corrected chi connectivity index (χ2v) is 16.0. The Morgan fingerprint density at radius 1 is 0.963 bits per heavy atom. The average molecular weight is 758 g/mol. The van der Waals surface area contributed by atoms with Gasteiger partial charge in [-0.3, -0.25) is 14.4 Å². The standard InChI is InChI=1S/C41H67N5O8/c1-11-25(4)36(45(8)39(49)35(24(2)3)44-41(52)43-30-20-19-26(5)27(30)6)33(53-9)23-34(47)46-21-15-18-32(46)37(54-10)28(7)38(48)42-31(40(50)51)22-29-16-13-12-14-17-29/h12-14,16-17,24-28,30-33,35-37H,11,15,18-23H2,1-10H3,(H,42,48)(H,50,51)(H2,43,44,52)/t25-,26?,27-,28+,30?,31-,32-,33+,35-,36-,37+/m0/s1. The molecule has 4 N–H and O–H groups in total. The van der Waals surface area contributed by atoms with Crippen LogP contribution in [-0.2, 0) is 35.1 Å². The maximum absolute atomic E-state index is 14.2. The van der Waals surface area contributed by atoms with Crippen molar-refractivity contribution in [2.75, 3.05) is 27.8 Å². The fraction of sp³-hybridized carbons (Fsp3) is 0.732. The number of likely N-dealkylation sites (N-methyl/N-ethyl adjacent to an activating group) is 1. The SMILES string of the molecule is CC[C@H](C)[C@@H]([C@@H](CC(=O)N1CCC[C@H]1[C@H](OC)[C@@H](C)C(=O)N[C@@H](Cc1ccccc1)C(=O)O)OC)N(C)C(=O)[C@@H](NC(=O)NC1CCC(C)[C@@H]1C)C(C)C. The third-order valence-corrected chi connectivity index (χ3v) is 12.2. The van der Waals surface area contributed by atoms with Crippen LogP contribution in [0.15, 0.2) is 30.3 Å². The Labute approximate surface area is 322 Å². The number of nitrogens with one attached hydrogen (secondary N) is 3. The summed E-state index contributed by atoms with van der Waals surface area (Å²) in [5.74, 6) is -2.14. The molecule has 0 radical (unpaired) electrons. The summed E-state index contributed by atoms with van der Waals surface area (Å²) in [6.07, 6.45) is 2.80. The lowest BCUT2D eigenvalue weighted by molar-refractivity contribution is -0.147. The summed E-state index contributed by atoms with van der Waals surface area (Å²) < 4.78 is 11.9. The van der Waals surface area contributed by atoms with Gasteiger partial charge in [0.05, 0.1) is 36.6 Å². The van der Waals surface area contributed by atoms with Crippen LogP contribution in [0.4, 0.5) is 4.79 Å². The minimum absolute atomic E-state index is 0.00713. The van der Waals surface area contributed by atoms with Crippen LogP contribution in [0.25, 0.3) is 0 Å². The quantitative estimate of drug-likeness (QED) is 0.160. The van der Waals surface area contributed by atoms with E-state index in [-0.39, 0.29) is 48.6 Å². The molecule has 1 aromatic carbocycles. The van der Waals surface area contributed by atoms with Crippen LogP contribution < -0.4 is 16.0 Å². The van der Waals surface area contributed by atoms with Crippen LogP contribution in [0.1, 0.15) is 92.6 Å². The van der Waals surface area contributed by atoms with Crippen molar-refractivity contribution >= 4 is 29.7 Å². The molecule has 1 saturated carbocycles. The van der Waals surface area contributed by atoms with E-state index in [1.165, 1.54) is 7.11 Å². The van der Waals surface area contributed by atoms with Crippen LogP contribution >= 0.6 is 0 Å². The summed E-state index contributed by atoms with van der Waals surface area (Å²) in [6, 6.07) is 6.01.